The van der Waals surface area contributed by atoms with Gasteiger partial charge >= 0.3 is 5.97 Å². The van der Waals surface area contributed by atoms with E-state index in [-0.39, 0.29) is 5.97 Å². The lowest BCUT2D eigenvalue weighted by molar-refractivity contribution is -0.140. The Morgan fingerprint density at radius 3 is 2.39 bits per heavy atom. The summed E-state index contributed by atoms with van der Waals surface area (Å²) in [6, 6.07) is 0. The van der Waals surface area contributed by atoms with Gasteiger partial charge in [-0.1, -0.05) is 32.8 Å². The van der Waals surface area contributed by atoms with Crippen molar-refractivity contribution in [2.75, 3.05) is 27.2 Å². The van der Waals surface area contributed by atoms with Gasteiger partial charge in [0.1, 0.15) is 0 Å². The van der Waals surface area contributed by atoms with E-state index >= 15 is 0 Å². The Morgan fingerprint density at radius 1 is 1.22 bits per heavy atom. The summed E-state index contributed by atoms with van der Waals surface area (Å²) in [5.74, 6) is 0.176. The van der Waals surface area contributed by atoms with Gasteiger partial charge in [-0.3, -0.25) is 0 Å². The number of esters is 1. The third-order valence-corrected chi connectivity index (χ3v) is 2.90. The first-order valence-corrected chi connectivity index (χ1v) is 6.90. The molecule has 3 nitrogen and oxygen atoms in total. The largest absolute Gasteiger partial charge is 0.462 e. The third-order valence-electron chi connectivity index (χ3n) is 2.90. The first-order chi connectivity index (χ1) is 8.43. The van der Waals surface area contributed by atoms with E-state index in [4.69, 9.17) is 4.74 Å². The quantitative estimate of drug-likeness (QED) is 0.341. The van der Waals surface area contributed by atoms with E-state index in [0.29, 0.717) is 18.1 Å². The van der Waals surface area contributed by atoms with Crippen molar-refractivity contribution in [2.24, 2.45) is 5.92 Å². The Hall–Kier alpha value is -0.830. The monoisotopic (exact) mass is 255 g/mol. The van der Waals surface area contributed by atoms with Gasteiger partial charge in [0.2, 0.25) is 0 Å². The zero-order chi connectivity index (χ0) is 14.0. The zero-order valence-electron chi connectivity index (χ0n) is 12.5. The lowest BCUT2D eigenvalue weighted by Gasteiger charge is -2.12. The molecule has 1 atom stereocenters. The highest BCUT2D eigenvalue weighted by Crippen LogP contribution is 2.11. The molecule has 0 aliphatic heterocycles. The van der Waals surface area contributed by atoms with Crippen molar-refractivity contribution in [3.8, 4) is 0 Å². The zero-order valence-corrected chi connectivity index (χ0v) is 12.5. The summed E-state index contributed by atoms with van der Waals surface area (Å²) in [4.78, 5) is 13.4. The molecule has 0 saturated carbocycles. The van der Waals surface area contributed by atoms with E-state index in [0.717, 1.165) is 6.42 Å². The second-order valence-corrected chi connectivity index (χ2v) is 5.49. The average Bonchev–Trinajstić information content (AvgIpc) is 2.29. The van der Waals surface area contributed by atoms with Crippen LogP contribution in [0, 0.1) is 5.92 Å². The van der Waals surface area contributed by atoms with Crippen LogP contribution in [0.4, 0.5) is 0 Å². The number of carbonyl (C=O) groups excluding carboxylic acids is 1. The van der Waals surface area contributed by atoms with Crippen molar-refractivity contribution in [2.45, 2.75) is 46.0 Å². The standard InChI is InChI=1S/C15H29NO2/c1-13(2)15(17)18-12-14(3)10-8-6-7-9-11-16(4)5/h14H,1,6-12H2,2-5H3. The minimum Gasteiger partial charge on any atom is -0.462 e. The normalized spacial score (nSPS) is 12.5. The van der Waals surface area contributed by atoms with Crippen molar-refractivity contribution in [1.29, 1.82) is 0 Å². The average molecular weight is 255 g/mol. The highest BCUT2D eigenvalue weighted by Gasteiger charge is 2.07. The Balaban J connectivity index is 3.40. The van der Waals surface area contributed by atoms with Gasteiger partial charge in [-0.2, -0.15) is 0 Å². The minimum absolute atomic E-state index is 0.271. The number of rotatable bonds is 10. The van der Waals surface area contributed by atoms with Crippen molar-refractivity contribution in [3.05, 3.63) is 12.2 Å². The molecule has 0 spiro atoms. The van der Waals surface area contributed by atoms with Gasteiger partial charge in [0.25, 0.3) is 0 Å². The van der Waals surface area contributed by atoms with Crippen LogP contribution in [-0.4, -0.2) is 38.1 Å². The molecule has 0 aromatic carbocycles. The molecular formula is C15H29NO2. The fourth-order valence-corrected chi connectivity index (χ4v) is 1.70. The maximum Gasteiger partial charge on any atom is 0.333 e. The van der Waals surface area contributed by atoms with Gasteiger partial charge in [-0.05, 0) is 46.3 Å². The Bertz CT molecular complexity index is 249. The van der Waals surface area contributed by atoms with Crippen LogP contribution in [-0.2, 0) is 9.53 Å². The predicted octanol–water partition coefficient (Wildman–Crippen LogP) is 3.25. The maximum atomic E-state index is 11.2. The fraction of sp³-hybridized carbons (Fsp3) is 0.800. The molecule has 1 unspecified atom stereocenters. The highest BCUT2D eigenvalue weighted by molar-refractivity contribution is 5.86. The van der Waals surface area contributed by atoms with Gasteiger partial charge in [0.15, 0.2) is 0 Å². The van der Waals surface area contributed by atoms with Crippen molar-refractivity contribution < 1.29 is 9.53 Å². The summed E-state index contributed by atoms with van der Waals surface area (Å²) in [6.45, 7) is 9.06. The lowest BCUT2D eigenvalue weighted by Crippen LogP contribution is -2.13. The molecule has 0 radical (unpaired) electrons. The van der Waals surface area contributed by atoms with Crippen LogP contribution in [0.25, 0.3) is 0 Å². The number of hydrogen-bond donors (Lipinski definition) is 0. The van der Waals surface area contributed by atoms with Gasteiger partial charge in [-0.15, -0.1) is 0 Å². The SMILES string of the molecule is C=C(C)C(=O)OCC(C)CCCCCCN(C)C. The van der Waals surface area contributed by atoms with Crippen molar-refractivity contribution in [3.63, 3.8) is 0 Å². The Labute approximate surface area is 112 Å². The summed E-state index contributed by atoms with van der Waals surface area (Å²) >= 11 is 0. The number of unbranched alkanes of at least 4 members (excludes halogenated alkanes) is 3. The van der Waals surface area contributed by atoms with E-state index in [1.807, 2.05) is 0 Å². The maximum absolute atomic E-state index is 11.2. The summed E-state index contributed by atoms with van der Waals surface area (Å²) in [7, 11) is 4.22. The van der Waals surface area contributed by atoms with Gasteiger partial charge in [-0.25, -0.2) is 4.79 Å². The van der Waals surface area contributed by atoms with Gasteiger partial charge < -0.3 is 9.64 Å². The van der Waals surface area contributed by atoms with Gasteiger partial charge in [0.05, 0.1) is 6.61 Å². The molecule has 0 N–H and O–H groups in total. The second-order valence-electron chi connectivity index (χ2n) is 5.49. The van der Waals surface area contributed by atoms with Crippen LogP contribution >= 0.6 is 0 Å². The van der Waals surface area contributed by atoms with Crippen LogP contribution in [0.2, 0.25) is 0 Å². The first kappa shape index (κ1) is 17.2. The molecular weight excluding hydrogens is 226 g/mol. The summed E-state index contributed by atoms with van der Waals surface area (Å²) in [5.41, 5.74) is 0.478. The van der Waals surface area contributed by atoms with E-state index in [2.05, 4.69) is 32.5 Å². The smallest absolute Gasteiger partial charge is 0.333 e. The lowest BCUT2D eigenvalue weighted by atomic mass is 10.0. The topological polar surface area (TPSA) is 29.5 Å². The molecule has 0 aromatic rings. The van der Waals surface area contributed by atoms with Crippen LogP contribution in [0.1, 0.15) is 46.0 Å². The number of ether oxygens (including phenoxy) is 1. The fourth-order valence-electron chi connectivity index (χ4n) is 1.70. The molecule has 0 amide bonds. The molecule has 0 rings (SSSR count). The third kappa shape index (κ3) is 10.3. The first-order valence-electron chi connectivity index (χ1n) is 6.90. The van der Waals surface area contributed by atoms with Crippen LogP contribution in [0.3, 0.4) is 0 Å². The summed E-state index contributed by atoms with van der Waals surface area (Å²) in [5, 5.41) is 0. The Morgan fingerprint density at radius 2 is 1.83 bits per heavy atom. The van der Waals surface area contributed by atoms with Crippen LogP contribution < -0.4 is 0 Å². The van der Waals surface area contributed by atoms with Crippen molar-refractivity contribution >= 4 is 5.97 Å². The summed E-state index contributed by atoms with van der Waals surface area (Å²) in [6.07, 6.45) is 6.18. The molecule has 0 aromatic heterocycles. The molecule has 0 fully saturated rings. The molecule has 106 valence electrons. The number of nitrogens with zero attached hydrogens (tertiary/aromatic N) is 1. The van der Waals surface area contributed by atoms with Gasteiger partial charge in [0, 0.05) is 5.57 Å². The van der Waals surface area contributed by atoms with E-state index in [9.17, 15) is 4.79 Å². The second kappa shape index (κ2) is 10.1. The molecule has 0 aliphatic carbocycles. The van der Waals surface area contributed by atoms with Crippen molar-refractivity contribution in [1.82, 2.24) is 4.90 Å². The molecule has 0 saturated heterocycles. The molecule has 0 heterocycles. The Kier molecular flexibility index (Phi) is 9.66. The molecule has 18 heavy (non-hydrogen) atoms. The number of hydrogen-bond acceptors (Lipinski definition) is 3. The molecule has 3 heteroatoms. The van der Waals surface area contributed by atoms with Crippen LogP contribution in [0.15, 0.2) is 12.2 Å². The number of carbonyl (C=O) groups is 1. The van der Waals surface area contributed by atoms with E-state index < -0.39 is 0 Å². The highest BCUT2D eigenvalue weighted by atomic mass is 16.5. The summed E-state index contributed by atoms with van der Waals surface area (Å²) < 4.78 is 5.13. The minimum atomic E-state index is -0.271. The predicted molar refractivity (Wildman–Crippen MR) is 76.6 cm³/mol. The molecule has 0 bridgehead atoms. The van der Waals surface area contributed by atoms with E-state index in [1.54, 1.807) is 6.92 Å². The van der Waals surface area contributed by atoms with E-state index in [1.165, 1.54) is 32.2 Å². The molecule has 0 aliphatic rings. The van der Waals surface area contributed by atoms with Crippen LogP contribution in [0.5, 0.6) is 0 Å².